The summed E-state index contributed by atoms with van der Waals surface area (Å²) in [6.45, 7) is 0.830. The number of nitrogens with zero attached hydrogens (tertiary/aromatic N) is 1. The predicted octanol–water partition coefficient (Wildman–Crippen LogP) is 2.67. The molecule has 1 aliphatic heterocycles. The SMILES string of the molecule is COc1ccccc1OC1CN(C(=O)[C@@H](O)c2ccccc2Cl)C1. The van der Waals surface area contributed by atoms with Gasteiger partial charge in [-0.05, 0) is 18.2 Å². The molecular weight excluding hydrogens is 330 g/mol. The Bertz CT molecular complexity index is 730. The molecule has 1 aliphatic rings. The van der Waals surface area contributed by atoms with Gasteiger partial charge < -0.3 is 19.5 Å². The molecule has 0 spiro atoms. The molecule has 5 nitrogen and oxygen atoms in total. The number of carbonyl (C=O) groups is 1. The molecule has 1 atom stereocenters. The third-order valence-corrected chi connectivity index (χ3v) is 4.30. The average molecular weight is 348 g/mol. The molecule has 6 heteroatoms. The Balaban J connectivity index is 1.58. The van der Waals surface area contributed by atoms with Crippen molar-refractivity contribution in [1.29, 1.82) is 0 Å². The van der Waals surface area contributed by atoms with Crippen molar-refractivity contribution in [3.63, 3.8) is 0 Å². The van der Waals surface area contributed by atoms with E-state index < -0.39 is 6.10 Å². The quantitative estimate of drug-likeness (QED) is 0.903. The first-order chi connectivity index (χ1) is 11.6. The summed E-state index contributed by atoms with van der Waals surface area (Å²) in [6.07, 6.45) is -1.38. The fourth-order valence-corrected chi connectivity index (χ4v) is 2.83. The van der Waals surface area contributed by atoms with Crippen LogP contribution in [0.25, 0.3) is 0 Å². The molecule has 2 aromatic carbocycles. The summed E-state index contributed by atoms with van der Waals surface area (Å²) in [5.74, 6) is 0.921. The molecule has 24 heavy (non-hydrogen) atoms. The van der Waals surface area contributed by atoms with Gasteiger partial charge in [0.1, 0.15) is 6.10 Å². The molecule has 1 fully saturated rings. The maximum Gasteiger partial charge on any atom is 0.256 e. The van der Waals surface area contributed by atoms with Crippen LogP contribution in [-0.2, 0) is 4.79 Å². The second kappa shape index (κ2) is 7.11. The minimum absolute atomic E-state index is 0.122. The molecule has 0 bridgehead atoms. The number of hydrogen-bond acceptors (Lipinski definition) is 4. The number of benzene rings is 2. The summed E-state index contributed by atoms with van der Waals surface area (Å²) in [6, 6.07) is 14.2. The topological polar surface area (TPSA) is 59.0 Å². The Kier molecular flexibility index (Phi) is 4.92. The summed E-state index contributed by atoms with van der Waals surface area (Å²) in [5, 5.41) is 10.6. The van der Waals surface area contributed by atoms with E-state index in [9.17, 15) is 9.90 Å². The van der Waals surface area contributed by atoms with Gasteiger partial charge in [-0.25, -0.2) is 0 Å². The first kappa shape index (κ1) is 16.6. The molecule has 0 aromatic heterocycles. The second-order valence-corrected chi connectivity index (χ2v) is 5.97. The largest absolute Gasteiger partial charge is 0.493 e. The minimum atomic E-state index is -1.26. The lowest BCUT2D eigenvalue weighted by atomic mass is 10.1. The Hall–Kier alpha value is -2.24. The summed E-state index contributed by atoms with van der Waals surface area (Å²) in [7, 11) is 1.58. The molecule has 3 rings (SSSR count). The molecule has 1 N–H and O–H groups in total. The predicted molar refractivity (Wildman–Crippen MR) is 90.4 cm³/mol. The van der Waals surface area contributed by atoms with E-state index in [4.69, 9.17) is 21.1 Å². The van der Waals surface area contributed by atoms with E-state index in [1.54, 1.807) is 36.3 Å². The van der Waals surface area contributed by atoms with E-state index in [1.165, 1.54) is 0 Å². The van der Waals surface area contributed by atoms with E-state index in [1.807, 2.05) is 24.3 Å². The molecule has 1 saturated heterocycles. The van der Waals surface area contributed by atoms with Gasteiger partial charge >= 0.3 is 0 Å². The molecule has 2 aromatic rings. The van der Waals surface area contributed by atoms with Crippen LogP contribution in [0.1, 0.15) is 11.7 Å². The van der Waals surface area contributed by atoms with E-state index >= 15 is 0 Å². The zero-order valence-electron chi connectivity index (χ0n) is 13.2. The van der Waals surface area contributed by atoms with Crippen molar-refractivity contribution in [2.24, 2.45) is 0 Å². The number of aliphatic hydroxyl groups is 1. The Labute approximate surface area is 145 Å². The number of amides is 1. The molecule has 0 unspecified atom stereocenters. The Morgan fingerprint density at radius 1 is 1.17 bits per heavy atom. The number of hydrogen-bond donors (Lipinski definition) is 1. The van der Waals surface area contributed by atoms with Gasteiger partial charge in [0.2, 0.25) is 0 Å². The number of carbonyl (C=O) groups excluding carboxylic acids is 1. The zero-order valence-corrected chi connectivity index (χ0v) is 13.9. The molecule has 0 saturated carbocycles. The minimum Gasteiger partial charge on any atom is -0.493 e. The van der Waals surface area contributed by atoms with Crippen molar-refractivity contribution in [2.45, 2.75) is 12.2 Å². The highest BCUT2D eigenvalue weighted by Crippen LogP contribution is 2.30. The van der Waals surface area contributed by atoms with Crippen molar-refractivity contribution < 1.29 is 19.4 Å². The Morgan fingerprint density at radius 3 is 2.46 bits per heavy atom. The maximum atomic E-state index is 12.3. The van der Waals surface area contributed by atoms with E-state index in [2.05, 4.69) is 0 Å². The van der Waals surface area contributed by atoms with Crippen LogP contribution in [0, 0.1) is 0 Å². The average Bonchev–Trinajstić information content (AvgIpc) is 2.57. The number of para-hydroxylation sites is 2. The first-order valence-corrected chi connectivity index (χ1v) is 7.99. The zero-order chi connectivity index (χ0) is 17.1. The normalized spacial score (nSPS) is 15.5. The highest BCUT2D eigenvalue weighted by molar-refractivity contribution is 6.31. The third-order valence-electron chi connectivity index (χ3n) is 3.96. The van der Waals surface area contributed by atoms with Crippen LogP contribution in [0.5, 0.6) is 11.5 Å². The number of likely N-dealkylation sites (tertiary alicyclic amines) is 1. The van der Waals surface area contributed by atoms with Crippen molar-refractivity contribution in [3.05, 3.63) is 59.1 Å². The summed E-state index contributed by atoms with van der Waals surface area (Å²) >= 11 is 6.03. The van der Waals surface area contributed by atoms with Crippen LogP contribution in [-0.4, -0.2) is 42.2 Å². The summed E-state index contributed by atoms with van der Waals surface area (Å²) in [4.78, 5) is 13.9. The Morgan fingerprint density at radius 2 is 1.79 bits per heavy atom. The second-order valence-electron chi connectivity index (χ2n) is 5.56. The van der Waals surface area contributed by atoms with Gasteiger partial charge in [-0.3, -0.25) is 4.79 Å². The van der Waals surface area contributed by atoms with Crippen molar-refractivity contribution >= 4 is 17.5 Å². The summed E-state index contributed by atoms with van der Waals surface area (Å²) in [5.41, 5.74) is 0.415. The van der Waals surface area contributed by atoms with Crippen LogP contribution in [0.3, 0.4) is 0 Å². The van der Waals surface area contributed by atoms with Crippen LogP contribution >= 0.6 is 11.6 Å². The van der Waals surface area contributed by atoms with Crippen molar-refractivity contribution in [3.8, 4) is 11.5 Å². The molecule has 126 valence electrons. The van der Waals surface area contributed by atoms with Gasteiger partial charge in [-0.15, -0.1) is 0 Å². The highest BCUT2D eigenvalue weighted by atomic mass is 35.5. The van der Waals surface area contributed by atoms with E-state index in [0.29, 0.717) is 35.2 Å². The van der Waals surface area contributed by atoms with Gasteiger partial charge in [0.25, 0.3) is 5.91 Å². The molecular formula is C18H18ClNO4. The highest BCUT2D eigenvalue weighted by Gasteiger charge is 2.36. The third kappa shape index (κ3) is 3.32. The van der Waals surface area contributed by atoms with Crippen LogP contribution in [0.15, 0.2) is 48.5 Å². The lowest BCUT2D eigenvalue weighted by Gasteiger charge is -2.40. The standard InChI is InChI=1S/C18H18ClNO4/c1-23-15-8-4-5-9-16(15)24-12-10-20(11-12)18(22)17(21)13-6-2-3-7-14(13)19/h2-9,12,17,21H,10-11H2,1H3/t17-/m0/s1. The molecule has 0 aliphatic carbocycles. The number of ether oxygens (including phenoxy) is 2. The monoisotopic (exact) mass is 347 g/mol. The number of rotatable bonds is 5. The van der Waals surface area contributed by atoms with Crippen LogP contribution in [0.2, 0.25) is 5.02 Å². The van der Waals surface area contributed by atoms with Gasteiger partial charge in [-0.2, -0.15) is 0 Å². The van der Waals surface area contributed by atoms with Crippen LogP contribution in [0.4, 0.5) is 0 Å². The van der Waals surface area contributed by atoms with Gasteiger partial charge in [0.05, 0.1) is 20.2 Å². The molecule has 0 radical (unpaired) electrons. The van der Waals surface area contributed by atoms with Gasteiger partial charge in [0, 0.05) is 10.6 Å². The van der Waals surface area contributed by atoms with Crippen LogP contribution < -0.4 is 9.47 Å². The summed E-state index contributed by atoms with van der Waals surface area (Å²) < 4.78 is 11.1. The maximum absolute atomic E-state index is 12.3. The van der Waals surface area contributed by atoms with Crippen molar-refractivity contribution in [1.82, 2.24) is 4.90 Å². The smallest absolute Gasteiger partial charge is 0.256 e. The lowest BCUT2D eigenvalue weighted by molar-refractivity contribution is -0.149. The number of methoxy groups -OCH3 is 1. The van der Waals surface area contributed by atoms with Gasteiger partial charge in [-0.1, -0.05) is 41.9 Å². The van der Waals surface area contributed by atoms with Gasteiger partial charge in [0.15, 0.2) is 17.6 Å². The lowest BCUT2D eigenvalue weighted by Crippen LogP contribution is -2.57. The fraction of sp³-hybridized carbons (Fsp3) is 0.278. The van der Waals surface area contributed by atoms with Crippen molar-refractivity contribution in [2.75, 3.05) is 20.2 Å². The molecule has 1 amide bonds. The number of aliphatic hydroxyl groups excluding tert-OH is 1. The molecule has 1 heterocycles. The fourth-order valence-electron chi connectivity index (χ4n) is 2.59. The number of halogens is 1. The van der Waals surface area contributed by atoms with E-state index in [-0.39, 0.29) is 12.0 Å². The first-order valence-electron chi connectivity index (χ1n) is 7.61. The van der Waals surface area contributed by atoms with E-state index in [0.717, 1.165) is 0 Å².